The molecular weight excluding hydrogens is 238 g/mol. The van der Waals surface area contributed by atoms with Crippen molar-refractivity contribution < 1.29 is 9.47 Å². The van der Waals surface area contributed by atoms with Gasteiger partial charge in [-0.05, 0) is 31.4 Å². The van der Waals surface area contributed by atoms with Crippen molar-refractivity contribution in [2.24, 2.45) is 11.1 Å². The molecule has 0 saturated heterocycles. The molecule has 0 bridgehead atoms. The first-order chi connectivity index (χ1) is 9.31. The molecule has 1 spiro atoms. The molecule has 3 nitrogen and oxygen atoms in total. The van der Waals surface area contributed by atoms with Crippen LogP contribution in [0.3, 0.4) is 0 Å². The van der Waals surface area contributed by atoms with Crippen molar-refractivity contribution in [3.8, 4) is 5.75 Å². The van der Waals surface area contributed by atoms with Crippen molar-refractivity contribution in [2.75, 3.05) is 13.2 Å². The molecule has 2 aliphatic rings. The van der Waals surface area contributed by atoms with Gasteiger partial charge in [-0.15, -0.1) is 0 Å². The molecule has 0 amide bonds. The predicted octanol–water partition coefficient (Wildman–Crippen LogP) is 2.74. The van der Waals surface area contributed by atoms with E-state index in [0.29, 0.717) is 30.8 Å². The zero-order valence-electron chi connectivity index (χ0n) is 11.4. The third-order valence-electron chi connectivity index (χ3n) is 4.80. The van der Waals surface area contributed by atoms with Gasteiger partial charge in [-0.2, -0.15) is 0 Å². The van der Waals surface area contributed by atoms with Crippen LogP contribution >= 0.6 is 0 Å². The van der Waals surface area contributed by atoms with Gasteiger partial charge in [-0.25, -0.2) is 0 Å². The molecule has 2 fully saturated rings. The normalized spacial score (nSPS) is 28.3. The molecule has 3 heteroatoms. The van der Waals surface area contributed by atoms with Crippen LogP contribution in [0.1, 0.15) is 32.1 Å². The lowest BCUT2D eigenvalue weighted by Crippen LogP contribution is -2.61. The SMILES string of the molecule is NC1CC(OCCOc2ccccc2)C12CCCC2. The first-order valence-electron chi connectivity index (χ1n) is 7.36. The van der Waals surface area contributed by atoms with Crippen LogP contribution in [-0.2, 0) is 4.74 Å². The van der Waals surface area contributed by atoms with Gasteiger partial charge < -0.3 is 15.2 Å². The third kappa shape index (κ3) is 2.49. The molecule has 2 aliphatic carbocycles. The van der Waals surface area contributed by atoms with Gasteiger partial charge in [0.05, 0.1) is 12.7 Å². The average molecular weight is 261 g/mol. The van der Waals surface area contributed by atoms with Gasteiger partial charge >= 0.3 is 0 Å². The fraction of sp³-hybridized carbons (Fsp3) is 0.625. The molecule has 0 radical (unpaired) electrons. The van der Waals surface area contributed by atoms with Crippen molar-refractivity contribution in [3.63, 3.8) is 0 Å². The Morgan fingerprint density at radius 1 is 1.11 bits per heavy atom. The molecule has 104 valence electrons. The van der Waals surface area contributed by atoms with E-state index in [-0.39, 0.29) is 0 Å². The zero-order valence-corrected chi connectivity index (χ0v) is 11.4. The molecule has 0 aliphatic heterocycles. The van der Waals surface area contributed by atoms with E-state index in [2.05, 4.69) is 0 Å². The van der Waals surface area contributed by atoms with Crippen molar-refractivity contribution in [1.29, 1.82) is 0 Å². The molecule has 3 rings (SSSR count). The maximum Gasteiger partial charge on any atom is 0.119 e. The van der Waals surface area contributed by atoms with E-state index in [9.17, 15) is 0 Å². The maximum atomic E-state index is 6.19. The Hall–Kier alpha value is -1.06. The van der Waals surface area contributed by atoms with E-state index >= 15 is 0 Å². The van der Waals surface area contributed by atoms with Crippen LogP contribution in [0.5, 0.6) is 5.75 Å². The standard InChI is InChI=1S/C16H23NO2/c17-14-12-15(16(14)8-4-5-9-16)19-11-10-18-13-6-2-1-3-7-13/h1-3,6-7,14-15H,4-5,8-12,17H2. The Bertz CT molecular complexity index is 400. The highest BCUT2D eigenvalue weighted by atomic mass is 16.5. The molecule has 2 saturated carbocycles. The molecule has 1 aromatic rings. The van der Waals surface area contributed by atoms with Gasteiger partial charge in [0.2, 0.25) is 0 Å². The van der Waals surface area contributed by atoms with Crippen LogP contribution in [0, 0.1) is 5.41 Å². The summed E-state index contributed by atoms with van der Waals surface area (Å²) in [4.78, 5) is 0. The number of rotatable bonds is 5. The summed E-state index contributed by atoms with van der Waals surface area (Å²) < 4.78 is 11.6. The second-order valence-electron chi connectivity index (χ2n) is 5.80. The molecule has 2 atom stereocenters. The number of benzene rings is 1. The van der Waals surface area contributed by atoms with Crippen molar-refractivity contribution >= 4 is 0 Å². The summed E-state index contributed by atoms with van der Waals surface area (Å²) in [6.45, 7) is 1.28. The van der Waals surface area contributed by atoms with Crippen LogP contribution < -0.4 is 10.5 Å². The summed E-state index contributed by atoms with van der Waals surface area (Å²) in [5, 5.41) is 0. The Labute approximate surface area is 115 Å². The topological polar surface area (TPSA) is 44.5 Å². The van der Waals surface area contributed by atoms with E-state index in [1.165, 1.54) is 25.7 Å². The van der Waals surface area contributed by atoms with E-state index in [0.717, 1.165) is 12.2 Å². The first-order valence-corrected chi connectivity index (χ1v) is 7.36. The van der Waals surface area contributed by atoms with Gasteiger partial charge in [-0.3, -0.25) is 0 Å². The molecule has 2 N–H and O–H groups in total. The zero-order chi connectivity index (χ0) is 13.1. The van der Waals surface area contributed by atoms with Crippen LogP contribution in [0.15, 0.2) is 30.3 Å². The van der Waals surface area contributed by atoms with Gasteiger partial charge in [0.25, 0.3) is 0 Å². The highest BCUT2D eigenvalue weighted by Crippen LogP contribution is 2.53. The summed E-state index contributed by atoms with van der Waals surface area (Å²) >= 11 is 0. The number of ether oxygens (including phenoxy) is 2. The van der Waals surface area contributed by atoms with E-state index in [4.69, 9.17) is 15.2 Å². The van der Waals surface area contributed by atoms with Gasteiger partial charge in [-0.1, -0.05) is 31.0 Å². The summed E-state index contributed by atoms with van der Waals surface area (Å²) in [6.07, 6.45) is 6.51. The number of hydrogen-bond donors (Lipinski definition) is 1. The molecule has 2 unspecified atom stereocenters. The largest absolute Gasteiger partial charge is 0.491 e. The minimum atomic E-state index is 0.298. The van der Waals surface area contributed by atoms with E-state index < -0.39 is 0 Å². The lowest BCUT2D eigenvalue weighted by Gasteiger charge is -2.52. The van der Waals surface area contributed by atoms with E-state index in [1.807, 2.05) is 30.3 Å². The van der Waals surface area contributed by atoms with E-state index in [1.54, 1.807) is 0 Å². The number of para-hydroxylation sites is 1. The van der Waals surface area contributed by atoms with Crippen LogP contribution in [-0.4, -0.2) is 25.4 Å². The minimum absolute atomic E-state index is 0.298. The van der Waals surface area contributed by atoms with Crippen molar-refractivity contribution in [2.45, 2.75) is 44.2 Å². The average Bonchev–Trinajstić information content (AvgIpc) is 2.96. The Morgan fingerprint density at radius 2 is 1.84 bits per heavy atom. The van der Waals surface area contributed by atoms with Crippen molar-refractivity contribution in [3.05, 3.63) is 30.3 Å². The van der Waals surface area contributed by atoms with Gasteiger partial charge in [0, 0.05) is 11.5 Å². The van der Waals surface area contributed by atoms with Gasteiger partial charge in [0.1, 0.15) is 12.4 Å². The lowest BCUT2D eigenvalue weighted by atomic mass is 9.61. The summed E-state index contributed by atoms with van der Waals surface area (Å²) in [5.41, 5.74) is 6.49. The monoisotopic (exact) mass is 261 g/mol. The minimum Gasteiger partial charge on any atom is -0.491 e. The Balaban J connectivity index is 1.41. The first kappa shape index (κ1) is 12.9. The number of nitrogens with two attached hydrogens (primary N) is 1. The molecule has 1 aromatic carbocycles. The molecule has 0 heterocycles. The number of hydrogen-bond acceptors (Lipinski definition) is 3. The second kappa shape index (κ2) is 5.51. The third-order valence-corrected chi connectivity index (χ3v) is 4.80. The summed E-state index contributed by atoms with van der Waals surface area (Å²) in [7, 11) is 0. The quantitative estimate of drug-likeness (QED) is 0.829. The lowest BCUT2D eigenvalue weighted by molar-refractivity contribution is -0.127. The molecule has 0 aromatic heterocycles. The highest BCUT2D eigenvalue weighted by Gasteiger charge is 2.54. The summed E-state index contributed by atoms with van der Waals surface area (Å²) in [5.74, 6) is 0.909. The summed E-state index contributed by atoms with van der Waals surface area (Å²) in [6, 6.07) is 10.2. The van der Waals surface area contributed by atoms with Crippen LogP contribution in [0.25, 0.3) is 0 Å². The fourth-order valence-electron chi connectivity index (χ4n) is 3.60. The molecule has 19 heavy (non-hydrogen) atoms. The predicted molar refractivity (Wildman–Crippen MR) is 75.2 cm³/mol. The van der Waals surface area contributed by atoms with Gasteiger partial charge in [0.15, 0.2) is 0 Å². The second-order valence-corrected chi connectivity index (χ2v) is 5.80. The fourth-order valence-corrected chi connectivity index (χ4v) is 3.60. The maximum absolute atomic E-state index is 6.19. The Morgan fingerprint density at radius 3 is 2.53 bits per heavy atom. The highest BCUT2D eigenvalue weighted by molar-refractivity contribution is 5.20. The smallest absolute Gasteiger partial charge is 0.119 e. The van der Waals surface area contributed by atoms with Crippen LogP contribution in [0.4, 0.5) is 0 Å². The molecular formula is C16H23NO2. The Kier molecular flexibility index (Phi) is 3.76. The van der Waals surface area contributed by atoms with Crippen LogP contribution in [0.2, 0.25) is 0 Å². The van der Waals surface area contributed by atoms with Crippen molar-refractivity contribution in [1.82, 2.24) is 0 Å².